The van der Waals surface area contributed by atoms with E-state index in [1.54, 1.807) is 6.07 Å². The van der Waals surface area contributed by atoms with Crippen LogP contribution >= 0.6 is 27.3 Å². The Morgan fingerprint density at radius 1 is 1.23 bits per heavy atom. The molecule has 1 amide bonds. The second-order valence-electron chi connectivity index (χ2n) is 4.80. The molecule has 0 fully saturated rings. The number of benzene rings is 1. The van der Waals surface area contributed by atoms with Gasteiger partial charge >= 0.3 is 0 Å². The molecule has 0 spiro atoms. The summed E-state index contributed by atoms with van der Waals surface area (Å²) in [5.41, 5.74) is -0.217. The number of non-ortho nitro benzene ring substituents is 1. The van der Waals surface area contributed by atoms with Gasteiger partial charge < -0.3 is 4.42 Å². The van der Waals surface area contributed by atoms with Gasteiger partial charge in [0.05, 0.1) is 16.0 Å². The monoisotopic (exact) mass is 457 g/mol. The first kappa shape index (κ1) is 18.2. The first-order chi connectivity index (χ1) is 12.3. The number of sulfone groups is 1. The summed E-state index contributed by atoms with van der Waals surface area (Å²) in [6, 6.07) is 7.48. The minimum Gasteiger partial charge on any atom is -0.444 e. The number of carbonyl (C=O) groups excluding carboxylic acids is 1. The van der Waals surface area contributed by atoms with Crippen molar-refractivity contribution in [3.05, 3.63) is 63.1 Å². The molecule has 12 heteroatoms. The molecule has 26 heavy (non-hydrogen) atoms. The van der Waals surface area contributed by atoms with E-state index in [9.17, 15) is 23.3 Å². The summed E-state index contributed by atoms with van der Waals surface area (Å²) in [6.45, 7) is 0. The lowest BCUT2D eigenvalue weighted by Gasteiger charge is -2.01. The van der Waals surface area contributed by atoms with Gasteiger partial charge in [0.25, 0.3) is 11.6 Å². The Morgan fingerprint density at radius 2 is 1.92 bits per heavy atom. The minimum atomic E-state index is -3.91. The predicted molar refractivity (Wildman–Crippen MR) is 95.0 cm³/mol. The quantitative estimate of drug-likeness (QED) is 0.457. The zero-order valence-corrected chi connectivity index (χ0v) is 15.8. The zero-order chi connectivity index (χ0) is 18.9. The highest BCUT2D eigenvalue weighted by molar-refractivity contribution is 9.10. The van der Waals surface area contributed by atoms with E-state index >= 15 is 0 Å². The van der Waals surface area contributed by atoms with Gasteiger partial charge in [-0.3, -0.25) is 20.2 Å². The van der Waals surface area contributed by atoms with Crippen LogP contribution in [-0.2, 0) is 9.84 Å². The topological polar surface area (TPSA) is 132 Å². The maximum Gasteiger partial charge on any atom is 0.293 e. The van der Waals surface area contributed by atoms with Gasteiger partial charge in [0.1, 0.15) is 4.21 Å². The summed E-state index contributed by atoms with van der Waals surface area (Å²) in [5, 5.41) is 13.2. The second-order valence-corrected chi connectivity index (χ2v) is 8.79. The summed E-state index contributed by atoms with van der Waals surface area (Å²) in [5.74, 6) is -0.545. The fourth-order valence-electron chi connectivity index (χ4n) is 1.90. The number of halogens is 1. The Morgan fingerprint density at radius 3 is 2.50 bits per heavy atom. The highest BCUT2D eigenvalue weighted by Crippen LogP contribution is 2.29. The largest absolute Gasteiger partial charge is 0.444 e. The molecule has 0 saturated carbocycles. The Hall–Kier alpha value is -2.57. The molecule has 0 radical (unpaired) electrons. The third-order valence-electron chi connectivity index (χ3n) is 3.12. The summed E-state index contributed by atoms with van der Waals surface area (Å²) < 4.78 is 30.5. The van der Waals surface area contributed by atoms with Crippen LogP contribution < -0.4 is 5.32 Å². The van der Waals surface area contributed by atoms with Crippen molar-refractivity contribution in [1.82, 2.24) is 4.98 Å². The molecule has 1 N–H and O–H groups in total. The number of nitro benzene ring substituents is 1. The van der Waals surface area contributed by atoms with Crippen molar-refractivity contribution in [3.63, 3.8) is 0 Å². The average Bonchev–Trinajstić information content (AvgIpc) is 3.24. The van der Waals surface area contributed by atoms with Gasteiger partial charge in [0, 0.05) is 12.1 Å². The molecule has 9 nitrogen and oxygen atoms in total. The van der Waals surface area contributed by atoms with Gasteiger partial charge in [0.2, 0.25) is 9.84 Å². The second kappa shape index (κ2) is 6.97. The number of hydrogen-bond donors (Lipinski definition) is 1. The summed E-state index contributed by atoms with van der Waals surface area (Å²) in [7, 11) is -3.91. The molecule has 0 aliphatic carbocycles. The van der Waals surface area contributed by atoms with Gasteiger partial charge in [0.15, 0.2) is 15.6 Å². The number of thiazole rings is 1. The van der Waals surface area contributed by atoms with Crippen molar-refractivity contribution in [3.8, 4) is 0 Å². The normalized spacial score (nSPS) is 11.3. The molecule has 2 aromatic heterocycles. The first-order valence-corrected chi connectivity index (χ1v) is 9.89. The predicted octanol–water partition coefficient (Wildman–Crippen LogP) is 3.49. The van der Waals surface area contributed by atoms with Crippen molar-refractivity contribution < 1.29 is 22.6 Å². The molecule has 134 valence electrons. The lowest BCUT2D eigenvalue weighted by molar-refractivity contribution is -0.384. The molecule has 0 unspecified atom stereocenters. The van der Waals surface area contributed by atoms with Gasteiger partial charge in [-0.1, -0.05) is 11.3 Å². The van der Waals surface area contributed by atoms with E-state index in [2.05, 4.69) is 26.2 Å². The molecule has 3 rings (SSSR count). The maximum absolute atomic E-state index is 12.6. The summed E-state index contributed by atoms with van der Waals surface area (Å²) in [4.78, 5) is 25.8. The van der Waals surface area contributed by atoms with Gasteiger partial charge in [-0.15, -0.1) is 0 Å². The van der Waals surface area contributed by atoms with E-state index < -0.39 is 20.7 Å². The van der Waals surface area contributed by atoms with Crippen LogP contribution in [0.4, 0.5) is 10.8 Å². The third-order valence-corrected chi connectivity index (χ3v) is 6.69. The van der Waals surface area contributed by atoms with E-state index in [1.165, 1.54) is 6.07 Å². The fourth-order valence-corrected chi connectivity index (χ4v) is 4.63. The van der Waals surface area contributed by atoms with Gasteiger partial charge in [-0.2, -0.15) is 0 Å². The summed E-state index contributed by atoms with van der Waals surface area (Å²) in [6.07, 6.45) is 1.11. The van der Waals surface area contributed by atoms with E-state index in [4.69, 9.17) is 4.42 Å². The average molecular weight is 458 g/mol. The maximum atomic E-state index is 12.6. The minimum absolute atomic E-state index is 0.0341. The molecule has 0 aliphatic heterocycles. The Balaban J connectivity index is 1.81. The number of amides is 1. The number of carbonyl (C=O) groups is 1. The van der Waals surface area contributed by atoms with E-state index in [1.807, 2.05) is 0 Å². The number of nitrogens with zero attached hydrogens (tertiary/aromatic N) is 2. The number of hydrogen-bond acceptors (Lipinski definition) is 8. The van der Waals surface area contributed by atoms with Crippen LogP contribution in [-0.4, -0.2) is 24.2 Å². The molecule has 0 aliphatic rings. The highest BCUT2D eigenvalue weighted by Gasteiger charge is 2.23. The van der Waals surface area contributed by atoms with E-state index in [0.29, 0.717) is 4.67 Å². The Bertz CT molecular complexity index is 1090. The van der Waals surface area contributed by atoms with Gasteiger partial charge in [-0.05, 0) is 40.2 Å². The van der Waals surface area contributed by atoms with Crippen molar-refractivity contribution >= 4 is 53.8 Å². The Labute approximate surface area is 158 Å². The number of furan rings is 1. The van der Waals surface area contributed by atoms with Crippen molar-refractivity contribution in [2.45, 2.75) is 9.10 Å². The number of anilines is 1. The molecular formula is C14H8BrN3O6S2. The molecular weight excluding hydrogens is 450 g/mol. The van der Waals surface area contributed by atoms with Crippen LogP contribution in [0.15, 0.2) is 60.8 Å². The Kier molecular flexibility index (Phi) is 4.89. The van der Waals surface area contributed by atoms with Crippen LogP contribution in [0.25, 0.3) is 0 Å². The zero-order valence-electron chi connectivity index (χ0n) is 12.6. The lowest BCUT2D eigenvalue weighted by atomic mass is 10.3. The molecule has 3 aromatic rings. The van der Waals surface area contributed by atoms with E-state index in [0.717, 1.165) is 41.8 Å². The first-order valence-electron chi connectivity index (χ1n) is 6.79. The van der Waals surface area contributed by atoms with Gasteiger partial charge in [-0.25, -0.2) is 13.4 Å². The third kappa shape index (κ3) is 3.66. The number of nitrogens with one attached hydrogen (secondary N) is 1. The molecule has 0 atom stereocenters. The van der Waals surface area contributed by atoms with Crippen molar-refractivity contribution in [2.24, 2.45) is 0 Å². The van der Waals surface area contributed by atoms with Crippen molar-refractivity contribution in [2.75, 3.05) is 5.32 Å². The van der Waals surface area contributed by atoms with Crippen LogP contribution in [0.1, 0.15) is 10.6 Å². The lowest BCUT2D eigenvalue weighted by Crippen LogP contribution is -2.10. The molecule has 0 saturated heterocycles. The SMILES string of the molecule is O=C(Nc1ncc(S(=O)(=O)c2ccc([N+](=O)[O-])cc2)s1)c1ccc(Br)o1. The number of rotatable bonds is 5. The highest BCUT2D eigenvalue weighted by atomic mass is 79.9. The molecule has 1 aromatic carbocycles. The number of aromatic nitrogens is 1. The van der Waals surface area contributed by atoms with Crippen LogP contribution in [0.3, 0.4) is 0 Å². The fraction of sp³-hybridized carbons (Fsp3) is 0. The standard InChI is InChI=1S/C14H8BrN3O6S2/c15-11-6-5-10(24-11)13(19)17-14-16-7-12(25-14)26(22,23)9-3-1-8(2-4-9)18(20)21/h1-7H,(H,16,17,19). The molecule has 2 heterocycles. The van der Waals surface area contributed by atoms with Crippen molar-refractivity contribution in [1.29, 1.82) is 0 Å². The van der Waals surface area contributed by atoms with E-state index in [-0.39, 0.29) is 25.7 Å². The van der Waals surface area contributed by atoms with Crippen LogP contribution in [0.5, 0.6) is 0 Å². The van der Waals surface area contributed by atoms with Crippen LogP contribution in [0.2, 0.25) is 0 Å². The molecule has 0 bridgehead atoms. The number of nitro groups is 1. The summed E-state index contributed by atoms with van der Waals surface area (Å²) >= 11 is 3.83. The van der Waals surface area contributed by atoms with Crippen LogP contribution in [0, 0.1) is 10.1 Å². The smallest absolute Gasteiger partial charge is 0.293 e.